The number of amides is 1. The highest BCUT2D eigenvalue weighted by atomic mass is 35.5. The summed E-state index contributed by atoms with van der Waals surface area (Å²) in [6.45, 7) is 5.45. The fourth-order valence-corrected chi connectivity index (χ4v) is 2.00. The first-order valence-electron chi connectivity index (χ1n) is 6.61. The Hall–Kier alpha value is -1.75. The van der Waals surface area contributed by atoms with Crippen LogP contribution in [-0.4, -0.2) is 29.3 Å². The first-order chi connectivity index (χ1) is 9.67. The third kappa shape index (κ3) is 6.99. The van der Waals surface area contributed by atoms with Gasteiger partial charge in [0.2, 0.25) is 0 Å². The van der Waals surface area contributed by atoms with Gasteiger partial charge in [0, 0.05) is 17.5 Å². The summed E-state index contributed by atoms with van der Waals surface area (Å²) in [7, 11) is 0. The zero-order valence-corrected chi connectivity index (χ0v) is 13.1. The number of carboxylic acids is 1. The van der Waals surface area contributed by atoms with Crippen molar-refractivity contribution in [1.82, 2.24) is 5.32 Å². The van der Waals surface area contributed by atoms with E-state index < -0.39 is 17.7 Å². The van der Waals surface area contributed by atoms with Crippen LogP contribution in [0.3, 0.4) is 0 Å². The van der Waals surface area contributed by atoms with Crippen LogP contribution in [0.25, 0.3) is 0 Å². The summed E-state index contributed by atoms with van der Waals surface area (Å²) in [6, 6.07) is 6.95. The molecule has 0 saturated heterocycles. The molecule has 1 aromatic carbocycles. The molecule has 0 bridgehead atoms. The van der Waals surface area contributed by atoms with Gasteiger partial charge in [0.05, 0.1) is 6.42 Å². The standard InChI is InChI=1S/C15H20ClNO4/c1-15(2,3)21-14(20)17-9-11(8-13(18)19)10-5-4-6-12(16)7-10/h4-7,11H,8-9H2,1-3H3,(H,17,20)(H,18,19)/t11-/m1/s1. The van der Waals surface area contributed by atoms with E-state index in [4.69, 9.17) is 21.4 Å². The van der Waals surface area contributed by atoms with Crippen molar-refractivity contribution in [2.75, 3.05) is 6.54 Å². The summed E-state index contributed by atoms with van der Waals surface area (Å²) in [5.41, 5.74) is 0.170. The molecule has 0 heterocycles. The van der Waals surface area contributed by atoms with Gasteiger partial charge < -0.3 is 15.2 Å². The SMILES string of the molecule is CC(C)(C)OC(=O)NC[C@@H](CC(=O)O)c1cccc(Cl)c1. The van der Waals surface area contributed by atoms with Gasteiger partial charge >= 0.3 is 12.1 Å². The van der Waals surface area contributed by atoms with Crippen molar-refractivity contribution in [3.05, 3.63) is 34.9 Å². The zero-order valence-electron chi connectivity index (χ0n) is 12.4. The topological polar surface area (TPSA) is 75.6 Å². The number of alkyl carbamates (subject to hydrolysis) is 1. The summed E-state index contributed by atoms with van der Waals surface area (Å²) in [5.74, 6) is -1.31. The minimum Gasteiger partial charge on any atom is -0.481 e. The molecule has 0 aliphatic rings. The molecular formula is C15H20ClNO4. The number of carboxylic acid groups (broad SMARTS) is 1. The van der Waals surface area contributed by atoms with Crippen molar-refractivity contribution >= 4 is 23.7 Å². The molecule has 0 aliphatic carbocycles. The smallest absolute Gasteiger partial charge is 0.407 e. The van der Waals surface area contributed by atoms with Crippen LogP contribution in [0.2, 0.25) is 5.02 Å². The molecule has 0 aromatic heterocycles. The molecule has 0 radical (unpaired) electrons. The number of nitrogens with one attached hydrogen (secondary N) is 1. The van der Waals surface area contributed by atoms with Gasteiger partial charge in [-0.05, 0) is 38.5 Å². The van der Waals surface area contributed by atoms with E-state index in [0.717, 1.165) is 5.56 Å². The summed E-state index contributed by atoms with van der Waals surface area (Å²) >= 11 is 5.92. The third-order valence-corrected chi connectivity index (χ3v) is 2.87. The first kappa shape index (κ1) is 17.3. The molecule has 0 unspecified atom stereocenters. The Morgan fingerprint density at radius 1 is 1.38 bits per heavy atom. The molecule has 0 fully saturated rings. The van der Waals surface area contributed by atoms with Crippen molar-refractivity contribution < 1.29 is 19.4 Å². The molecule has 1 amide bonds. The molecule has 1 rings (SSSR count). The number of hydrogen-bond donors (Lipinski definition) is 2. The zero-order chi connectivity index (χ0) is 16.0. The van der Waals surface area contributed by atoms with Crippen LogP contribution in [0.1, 0.15) is 38.7 Å². The van der Waals surface area contributed by atoms with E-state index in [1.54, 1.807) is 45.0 Å². The van der Waals surface area contributed by atoms with Gasteiger partial charge in [0.1, 0.15) is 5.60 Å². The highest BCUT2D eigenvalue weighted by molar-refractivity contribution is 6.30. The van der Waals surface area contributed by atoms with Gasteiger partial charge in [-0.15, -0.1) is 0 Å². The highest BCUT2D eigenvalue weighted by Gasteiger charge is 2.20. The Morgan fingerprint density at radius 2 is 2.05 bits per heavy atom. The van der Waals surface area contributed by atoms with Gasteiger partial charge in [0.15, 0.2) is 0 Å². The Kier molecular flexibility index (Phi) is 6.03. The normalized spacial score (nSPS) is 12.6. The maximum atomic E-state index is 11.6. The number of halogens is 1. The average molecular weight is 314 g/mol. The lowest BCUT2D eigenvalue weighted by Gasteiger charge is -2.21. The van der Waals surface area contributed by atoms with Crippen molar-refractivity contribution in [3.8, 4) is 0 Å². The number of aliphatic carboxylic acids is 1. The van der Waals surface area contributed by atoms with Crippen LogP contribution in [0, 0.1) is 0 Å². The van der Waals surface area contributed by atoms with Gasteiger partial charge in [-0.2, -0.15) is 0 Å². The minimum absolute atomic E-state index is 0.101. The Bertz CT molecular complexity index is 511. The lowest BCUT2D eigenvalue weighted by molar-refractivity contribution is -0.137. The van der Waals surface area contributed by atoms with Crippen molar-refractivity contribution in [1.29, 1.82) is 0 Å². The van der Waals surface area contributed by atoms with Crippen LogP contribution in [-0.2, 0) is 9.53 Å². The Morgan fingerprint density at radius 3 is 2.57 bits per heavy atom. The predicted octanol–water partition coefficient (Wildman–Crippen LogP) is 3.42. The molecule has 5 nitrogen and oxygen atoms in total. The lowest BCUT2D eigenvalue weighted by Crippen LogP contribution is -2.35. The maximum absolute atomic E-state index is 11.6. The number of hydrogen-bond acceptors (Lipinski definition) is 3. The number of carbonyl (C=O) groups excluding carboxylic acids is 1. The summed E-state index contributed by atoms with van der Waals surface area (Å²) in [6.07, 6.45) is -0.671. The molecule has 0 spiro atoms. The van der Waals surface area contributed by atoms with E-state index in [1.807, 2.05) is 0 Å². The van der Waals surface area contributed by atoms with Crippen LogP contribution >= 0.6 is 11.6 Å². The second kappa shape index (κ2) is 7.31. The van der Waals surface area contributed by atoms with E-state index in [2.05, 4.69) is 5.32 Å². The van der Waals surface area contributed by atoms with E-state index in [0.29, 0.717) is 5.02 Å². The number of rotatable bonds is 5. The van der Waals surface area contributed by atoms with Crippen molar-refractivity contribution in [2.45, 2.75) is 38.7 Å². The molecular weight excluding hydrogens is 294 g/mol. The number of benzene rings is 1. The monoisotopic (exact) mass is 313 g/mol. The summed E-state index contributed by atoms with van der Waals surface area (Å²) in [4.78, 5) is 22.6. The van der Waals surface area contributed by atoms with Crippen LogP contribution < -0.4 is 5.32 Å². The molecule has 116 valence electrons. The summed E-state index contributed by atoms with van der Waals surface area (Å²) in [5, 5.41) is 12.1. The van der Waals surface area contributed by atoms with Gasteiger partial charge in [0.25, 0.3) is 0 Å². The molecule has 0 saturated carbocycles. The fraction of sp³-hybridized carbons (Fsp3) is 0.467. The van der Waals surface area contributed by atoms with Gasteiger partial charge in [-0.1, -0.05) is 23.7 Å². The van der Waals surface area contributed by atoms with Crippen LogP contribution in [0.15, 0.2) is 24.3 Å². The predicted molar refractivity (Wildman–Crippen MR) is 80.7 cm³/mol. The second-order valence-electron chi connectivity index (χ2n) is 5.73. The number of carbonyl (C=O) groups is 2. The Balaban J connectivity index is 2.71. The quantitative estimate of drug-likeness (QED) is 0.873. The molecule has 21 heavy (non-hydrogen) atoms. The second-order valence-corrected chi connectivity index (χ2v) is 6.17. The first-order valence-corrected chi connectivity index (χ1v) is 6.99. The fourth-order valence-electron chi connectivity index (χ4n) is 1.80. The molecule has 2 N–H and O–H groups in total. The van der Waals surface area contributed by atoms with E-state index >= 15 is 0 Å². The Labute approximate surface area is 129 Å². The van der Waals surface area contributed by atoms with E-state index in [9.17, 15) is 9.59 Å². The van der Waals surface area contributed by atoms with Crippen LogP contribution in [0.4, 0.5) is 4.79 Å². The average Bonchev–Trinajstić information content (AvgIpc) is 2.31. The van der Waals surface area contributed by atoms with Gasteiger partial charge in [-0.3, -0.25) is 4.79 Å². The lowest BCUT2D eigenvalue weighted by atomic mass is 9.96. The van der Waals surface area contributed by atoms with Crippen molar-refractivity contribution in [3.63, 3.8) is 0 Å². The maximum Gasteiger partial charge on any atom is 0.407 e. The van der Waals surface area contributed by atoms with Crippen LogP contribution in [0.5, 0.6) is 0 Å². The molecule has 1 aromatic rings. The molecule has 6 heteroatoms. The largest absolute Gasteiger partial charge is 0.481 e. The van der Waals surface area contributed by atoms with E-state index in [1.165, 1.54) is 0 Å². The van der Waals surface area contributed by atoms with E-state index in [-0.39, 0.29) is 18.9 Å². The third-order valence-electron chi connectivity index (χ3n) is 2.63. The van der Waals surface area contributed by atoms with Crippen molar-refractivity contribution in [2.24, 2.45) is 0 Å². The minimum atomic E-state index is -0.939. The molecule has 0 aliphatic heterocycles. The highest BCUT2D eigenvalue weighted by Crippen LogP contribution is 2.22. The van der Waals surface area contributed by atoms with Gasteiger partial charge in [-0.25, -0.2) is 4.79 Å². The summed E-state index contributed by atoms with van der Waals surface area (Å²) < 4.78 is 5.13. The molecule has 1 atom stereocenters. The number of ether oxygens (including phenoxy) is 1.